The Labute approximate surface area is 117 Å². The molecule has 0 aliphatic heterocycles. The molecule has 2 N–H and O–H groups in total. The van der Waals surface area contributed by atoms with Gasteiger partial charge in [-0.3, -0.25) is 9.59 Å². The van der Waals surface area contributed by atoms with E-state index in [1.807, 2.05) is 6.92 Å². The maximum absolute atomic E-state index is 11.9. The van der Waals surface area contributed by atoms with E-state index in [-0.39, 0.29) is 17.6 Å². The highest BCUT2D eigenvalue weighted by Crippen LogP contribution is 2.11. The summed E-state index contributed by atoms with van der Waals surface area (Å²) in [7, 11) is 0. The second kappa shape index (κ2) is 7.63. The molecule has 19 heavy (non-hydrogen) atoms. The summed E-state index contributed by atoms with van der Waals surface area (Å²) < 4.78 is 5.19. The lowest BCUT2D eigenvalue weighted by Crippen LogP contribution is -2.44. The molecule has 1 atom stereocenters. The molecule has 0 bridgehead atoms. The molecule has 104 valence electrons. The average molecular weight is 283 g/mol. The minimum atomic E-state index is -0.674. The molecule has 0 aliphatic rings. The molecule has 1 unspecified atom stereocenters. The van der Waals surface area contributed by atoms with Crippen LogP contribution < -0.4 is 15.4 Å². The Hall–Kier alpha value is -1.76. The second-order valence-electron chi connectivity index (χ2n) is 3.74. The van der Waals surface area contributed by atoms with Crippen molar-refractivity contribution in [1.29, 1.82) is 0 Å². The number of carbonyl (C=O) groups is 2. The van der Waals surface area contributed by atoms with Gasteiger partial charge in [-0.2, -0.15) is 12.6 Å². The fourth-order valence-electron chi connectivity index (χ4n) is 1.36. The van der Waals surface area contributed by atoms with Crippen molar-refractivity contribution in [3.63, 3.8) is 0 Å². The van der Waals surface area contributed by atoms with E-state index in [9.17, 15) is 9.59 Å². The fraction of sp³-hybridized carbons (Fsp3) is 0.417. The summed E-state index contributed by atoms with van der Waals surface area (Å²) in [4.78, 5) is 26.8. The zero-order valence-corrected chi connectivity index (χ0v) is 11.7. The average Bonchev–Trinajstić information content (AvgIpc) is 2.38. The standard InChI is InChI=1S/C12H17N3O3S/c1-3-18-11-5-4-9(6-13-11)15-12(17)10(7-19)14-8(2)16/h4-6,10,19H,3,7H2,1-2H3,(H,14,16)(H,15,17). The first kappa shape index (κ1) is 15.3. The quantitative estimate of drug-likeness (QED) is 0.676. The van der Waals surface area contributed by atoms with Crippen LogP contribution in [0, 0.1) is 0 Å². The van der Waals surface area contributed by atoms with Crippen LogP contribution in [0.4, 0.5) is 5.69 Å². The molecule has 7 heteroatoms. The van der Waals surface area contributed by atoms with Crippen molar-refractivity contribution in [2.45, 2.75) is 19.9 Å². The molecule has 1 rings (SSSR count). The fourth-order valence-corrected chi connectivity index (χ4v) is 1.61. The van der Waals surface area contributed by atoms with Gasteiger partial charge in [0, 0.05) is 18.7 Å². The van der Waals surface area contributed by atoms with E-state index in [0.717, 1.165) is 0 Å². The van der Waals surface area contributed by atoms with Gasteiger partial charge in [0.1, 0.15) is 6.04 Å². The molecule has 0 aromatic carbocycles. The predicted octanol–water partition coefficient (Wildman–Crippen LogP) is 0.853. The van der Waals surface area contributed by atoms with E-state index in [4.69, 9.17) is 4.74 Å². The number of rotatable bonds is 6. The molecule has 0 spiro atoms. The number of thiol groups is 1. The Morgan fingerprint density at radius 1 is 1.47 bits per heavy atom. The lowest BCUT2D eigenvalue weighted by atomic mass is 10.3. The molecular weight excluding hydrogens is 266 g/mol. The molecule has 1 heterocycles. The number of nitrogens with one attached hydrogen (secondary N) is 2. The normalized spacial score (nSPS) is 11.5. The first-order chi connectivity index (χ1) is 9.06. The van der Waals surface area contributed by atoms with Gasteiger partial charge in [-0.25, -0.2) is 4.98 Å². The van der Waals surface area contributed by atoms with E-state index in [2.05, 4.69) is 28.2 Å². The highest BCUT2D eigenvalue weighted by Gasteiger charge is 2.17. The topological polar surface area (TPSA) is 80.3 Å². The van der Waals surface area contributed by atoms with Gasteiger partial charge in [-0.05, 0) is 13.0 Å². The summed E-state index contributed by atoms with van der Waals surface area (Å²) in [5.74, 6) is 0.0962. The molecule has 0 radical (unpaired) electrons. The summed E-state index contributed by atoms with van der Waals surface area (Å²) in [6.45, 7) is 3.74. The number of anilines is 1. The molecule has 0 aliphatic carbocycles. The third-order valence-electron chi connectivity index (χ3n) is 2.17. The van der Waals surface area contributed by atoms with Crippen LogP contribution in [0.2, 0.25) is 0 Å². The summed E-state index contributed by atoms with van der Waals surface area (Å²) in [6, 6.07) is 2.67. The number of ether oxygens (including phenoxy) is 1. The van der Waals surface area contributed by atoms with Crippen molar-refractivity contribution < 1.29 is 14.3 Å². The van der Waals surface area contributed by atoms with Gasteiger partial charge in [-0.1, -0.05) is 0 Å². The summed E-state index contributed by atoms with van der Waals surface area (Å²) in [5.41, 5.74) is 0.533. The van der Waals surface area contributed by atoms with Crippen molar-refractivity contribution >= 4 is 30.1 Å². The molecule has 6 nitrogen and oxygen atoms in total. The smallest absolute Gasteiger partial charge is 0.247 e. The molecule has 0 fully saturated rings. The van der Waals surface area contributed by atoms with Gasteiger partial charge in [0.05, 0.1) is 18.5 Å². The molecule has 1 aromatic rings. The van der Waals surface area contributed by atoms with Gasteiger partial charge in [0.2, 0.25) is 17.7 Å². The van der Waals surface area contributed by atoms with Crippen molar-refractivity contribution in [1.82, 2.24) is 10.3 Å². The minimum Gasteiger partial charge on any atom is -0.478 e. The number of aromatic nitrogens is 1. The summed E-state index contributed by atoms with van der Waals surface area (Å²) in [6.07, 6.45) is 1.49. The Bertz CT molecular complexity index is 436. The van der Waals surface area contributed by atoms with Crippen molar-refractivity contribution in [3.05, 3.63) is 18.3 Å². The number of nitrogens with zero attached hydrogens (tertiary/aromatic N) is 1. The van der Waals surface area contributed by atoms with Crippen LogP contribution in [0.5, 0.6) is 5.88 Å². The highest BCUT2D eigenvalue weighted by molar-refractivity contribution is 7.80. The first-order valence-corrected chi connectivity index (χ1v) is 6.47. The third kappa shape index (κ3) is 5.17. The van der Waals surface area contributed by atoms with Crippen LogP contribution >= 0.6 is 12.6 Å². The monoisotopic (exact) mass is 283 g/mol. The zero-order valence-electron chi connectivity index (χ0n) is 10.8. The van der Waals surface area contributed by atoms with Gasteiger partial charge in [-0.15, -0.1) is 0 Å². The minimum absolute atomic E-state index is 0.218. The maximum Gasteiger partial charge on any atom is 0.247 e. The largest absolute Gasteiger partial charge is 0.478 e. The first-order valence-electron chi connectivity index (χ1n) is 5.84. The lowest BCUT2D eigenvalue weighted by Gasteiger charge is -2.15. The highest BCUT2D eigenvalue weighted by atomic mass is 32.1. The van der Waals surface area contributed by atoms with Crippen LogP contribution in [0.25, 0.3) is 0 Å². The zero-order chi connectivity index (χ0) is 14.3. The van der Waals surface area contributed by atoms with Gasteiger partial charge in [0.25, 0.3) is 0 Å². The molecule has 1 aromatic heterocycles. The molecular formula is C12H17N3O3S. The van der Waals surface area contributed by atoms with Crippen molar-refractivity contribution in [2.24, 2.45) is 0 Å². The van der Waals surface area contributed by atoms with E-state index in [0.29, 0.717) is 18.2 Å². The molecule has 0 saturated carbocycles. The Morgan fingerprint density at radius 2 is 2.21 bits per heavy atom. The van der Waals surface area contributed by atoms with Crippen molar-refractivity contribution in [2.75, 3.05) is 17.7 Å². The second-order valence-corrected chi connectivity index (χ2v) is 4.11. The molecule has 2 amide bonds. The van der Waals surface area contributed by atoms with Gasteiger partial charge >= 0.3 is 0 Å². The van der Waals surface area contributed by atoms with Gasteiger partial charge < -0.3 is 15.4 Å². The van der Waals surface area contributed by atoms with E-state index in [1.54, 1.807) is 12.1 Å². The van der Waals surface area contributed by atoms with Gasteiger partial charge in [0.15, 0.2) is 0 Å². The summed E-state index contributed by atoms with van der Waals surface area (Å²) >= 11 is 4.03. The Balaban J connectivity index is 2.62. The SMILES string of the molecule is CCOc1ccc(NC(=O)C(CS)NC(C)=O)cn1. The number of pyridine rings is 1. The number of amides is 2. The molecule has 0 saturated heterocycles. The van der Waals surface area contributed by atoms with E-state index >= 15 is 0 Å². The third-order valence-corrected chi connectivity index (χ3v) is 2.54. The number of carbonyl (C=O) groups excluding carboxylic acids is 2. The van der Waals surface area contributed by atoms with Crippen LogP contribution in [0.15, 0.2) is 18.3 Å². The van der Waals surface area contributed by atoms with Crippen LogP contribution in [-0.2, 0) is 9.59 Å². The van der Waals surface area contributed by atoms with Crippen LogP contribution in [-0.4, -0.2) is 35.2 Å². The van der Waals surface area contributed by atoms with Crippen LogP contribution in [0.3, 0.4) is 0 Å². The van der Waals surface area contributed by atoms with Crippen LogP contribution in [0.1, 0.15) is 13.8 Å². The number of hydrogen-bond acceptors (Lipinski definition) is 5. The number of hydrogen-bond donors (Lipinski definition) is 3. The van der Waals surface area contributed by atoms with E-state index in [1.165, 1.54) is 13.1 Å². The predicted molar refractivity (Wildman–Crippen MR) is 75.5 cm³/mol. The Kier molecular flexibility index (Phi) is 6.14. The summed E-state index contributed by atoms with van der Waals surface area (Å²) in [5, 5.41) is 5.16. The lowest BCUT2D eigenvalue weighted by molar-refractivity contribution is -0.124. The maximum atomic E-state index is 11.9. The van der Waals surface area contributed by atoms with Crippen molar-refractivity contribution in [3.8, 4) is 5.88 Å². The van der Waals surface area contributed by atoms with E-state index < -0.39 is 6.04 Å². The Morgan fingerprint density at radius 3 is 2.68 bits per heavy atom.